The number of nitrogens with two attached hydrogens (primary N) is 2. The molecule has 342 valence electrons. The van der Waals surface area contributed by atoms with E-state index in [0.717, 1.165) is 16.0 Å². The van der Waals surface area contributed by atoms with Gasteiger partial charge in [0.25, 0.3) is 10.0 Å². The number of benzene rings is 3. The van der Waals surface area contributed by atoms with Crippen molar-refractivity contribution in [2.45, 2.75) is 122 Å². The number of aliphatic imine (C=N–C) groups is 1. The molecular formula is C45H61N7O10S. The number of carboxylic acids is 1. The van der Waals surface area contributed by atoms with Gasteiger partial charge in [-0.15, -0.1) is 0 Å². The first-order valence-electron chi connectivity index (χ1n) is 20.8. The zero-order valence-electron chi connectivity index (χ0n) is 37.2. The molecule has 1 aliphatic heterocycles. The summed E-state index contributed by atoms with van der Waals surface area (Å²) in [6.45, 7) is 12.4. The monoisotopic (exact) mass is 891 g/mol. The number of carbonyl (C=O) groups is 5. The zero-order chi connectivity index (χ0) is 46.8. The molecule has 3 amide bonds. The number of carbonyl (C=O) groups excluding carboxylic acids is 4. The third-order valence-corrected chi connectivity index (χ3v) is 12.5. The van der Waals surface area contributed by atoms with E-state index in [9.17, 15) is 37.5 Å². The molecule has 0 aromatic heterocycles. The first-order chi connectivity index (χ1) is 29.5. The average Bonchev–Trinajstić information content (AvgIpc) is 3.55. The highest BCUT2D eigenvalue weighted by molar-refractivity contribution is 7.90. The summed E-state index contributed by atoms with van der Waals surface area (Å²) in [5.41, 5.74) is 15.7. The van der Waals surface area contributed by atoms with E-state index in [1.807, 2.05) is 19.9 Å². The van der Waals surface area contributed by atoms with Gasteiger partial charge in [0.2, 0.25) is 23.7 Å². The highest BCUT2D eigenvalue weighted by Crippen LogP contribution is 2.43. The van der Waals surface area contributed by atoms with Gasteiger partial charge in [0, 0.05) is 32.0 Å². The Labute approximate surface area is 369 Å². The number of carboxylic acid groups (broad SMARTS) is 1. The van der Waals surface area contributed by atoms with Gasteiger partial charge in [0.15, 0.2) is 0 Å². The molecule has 8 N–H and O–H groups in total. The molecule has 4 rings (SSSR count). The van der Waals surface area contributed by atoms with E-state index in [0.29, 0.717) is 34.4 Å². The number of hydrogen-bond donors (Lipinski definition) is 6. The number of rotatable bonds is 20. The van der Waals surface area contributed by atoms with Crippen molar-refractivity contribution >= 4 is 45.6 Å². The minimum absolute atomic E-state index is 0.00654. The molecule has 0 unspecified atom stereocenters. The van der Waals surface area contributed by atoms with Gasteiger partial charge in [-0.05, 0) is 81.2 Å². The second-order valence-corrected chi connectivity index (χ2v) is 18.4. The Hall–Kier alpha value is -6.01. The van der Waals surface area contributed by atoms with Crippen molar-refractivity contribution in [3.8, 4) is 5.75 Å². The predicted molar refractivity (Wildman–Crippen MR) is 237 cm³/mol. The topological polar surface area (TPSA) is 262 Å². The first-order valence-corrected chi connectivity index (χ1v) is 22.2. The van der Waals surface area contributed by atoms with Crippen LogP contribution in [0.25, 0.3) is 0 Å². The lowest BCUT2D eigenvalue weighted by Crippen LogP contribution is -2.59. The standard InChI is InChI=1S/C45H61N7O10S/c1-26(2)37(52(8)42(56)35(22-30-16-11-9-12-17-30)50-40(54)33(46)23-36(53)61-25-31-18-13-10-14-19-31)41(55)49-34(43(57)58)20-15-21-48-44(47)51-63(59,60)39-28(4)27(3)38-32(29(39)5)24-45(6,7)62-38/h9-14,16-19,26,33-35,37H,15,20-25,46H2,1-8H3,(H,49,55)(H,50,54)(H,57,58)(H3,47,48,51)/t33-,34-,35+,37-/m0/s1. The van der Waals surface area contributed by atoms with Crippen LogP contribution in [0.15, 0.2) is 70.6 Å². The van der Waals surface area contributed by atoms with E-state index in [4.69, 9.17) is 20.9 Å². The Morgan fingerprint density at radius 3 is 2.08 bits per heavy atom. The molecule has 0 fully saturated rings. The number of likely N-dealkylation sites (N-methyl/N-ethyl adjacent to an activating group) is 1. The lowest BCUT2D eigenvalue weighted by atomic mass is 9.94. The molecule has 0 bridgehead atoms. The van der Waals surface area contributed by atoms with Crippen LogP contribution in [0.2, 0.25) is 0 Å². The van der Waals surface area contributed by atoms with E-state index in [-0.39, 0.29) is 43.3 Å². The van der Waals surface area contributed by atoms with Crippen LogP contribution in [-0.2, 0) is 58.2 Å². The van der Waals surface area contributed by atoms with Crippen LogP contribution in [0.4, 0.5) is 0 Å². The third kappa shape index (κ3) is 13.2. The number of amides is 3. The molecular weight excluding hydrogens is 831 g/mol. The quantitative estimate of drug-likeness (QED) is 0.0414. The van der Waals surface area contributed by atoms with Crippen LogP contribution in [0.1, 0.15) is 80.3 Å². The van der Waals surface area contributed by atoms with Crippen molar-refractivity contribution in [1.82, 2.24) is 20.3 Å². The number of nitrogens with one attached hydrogen (secondary N) is 3. The van der Waals surface area contributed by atoms with Crippen LogP contribution >= 0.6 is 0 Å². The number of aliphatic carboxylic acids is 1. The van der Waals surface area contributed by atoms with Gasteiger partial charge < -0.3 is 41.6 Å². The summed E-state index contributed by atoms with van der Waals surface area (Å²) in [6.07, 6.45) is 0.0831. The number of ether oxygens (including phenoxy) is 2. The van der Waals surface area contributed by atoms with Crippen LogP contribution in [0, 0.1) is 26.7 Å². The average molecular weight is 892 g/mol. The summed E-state index contributed by atoms with van der Waals surface area (Å²) in [4.78, 5) is 71.5. The largest absolute Gasteiger partial charge is 0.487 e. The number of hydrogen-bond acceptors (Lipinski definition) is 11. The Morgan fingerprint density at radius 1 is 0.905 bits per heavy atom. The van der Waals surface area contributed by atoms with E-state index in [1.54, 1.807) is 89.2 Å². The van der Waals surface area contributed by atoms with Crippen molar-refractivity contribution in [3.05, 3.63) is 94.0 Å². The normalized spacial score (nSPS) is 15.2. The van der Waals surface area contributed by atoms with Crippen molar-refractivity contribution in [2.24, 2.45) is 22.4 Å². The molecule has 0 saturated heterocycles. The molecule has 1 aliphatic rings. The van der Waals surface area contributed by atoms with E-state index < -0.39 is 81.8 Å². The van der Waals surface area contributed by atoms with Crippen molar-refractivity contribution in [2.75, 3.05) is 13.6 Å². The summed E-state index contributed by atoms with van der Waals surface area (Å²) in [6, 6.07) is 12.7. The molecule has 0 radical (unpaired) electrons. The Kier molecular flexibility index (Phi) is 16.8. The smallest absolute Gasteiger partial charge is 0.326 e. The number of nitrogens with zero attached hydrogens (tertiary/aromatic N) is 2. The molecule has 17 nitrogen and oxygen atoms in total. The minimum atomic E-state index is -4.16. The molecule has 1 heterocycles. The van der Waals surface area contributed by atoms with Gasteiger partial charge in [-0.25, -0.2) is 17.9 Å². The summed E-state index contributed by atoms with van der Waals surface area (Å²) in [5.74, 6) is -4.46. The van der Waals surface area contributed by atoms with Gasteiger partial charge in [0.1, 0.15) is 36.1 Å². The highest BCUT2D eigenvalue weighted by atomic mass is 32.2. The second-order valence-electron chi connectivity index (χ2n) is 16.8. The SMILES string of the molecule is Cc1c(C)c(S(=O)(=O)NC(N)=NCCC[C@H](NC(=O)[C@H](C(C)C)N(C)C(=O)[C@@H](Cc2ccccc2)NC(=O)[C@@H](N)CC(=O)OCc2ccccc2)C(=O)O)c(C)c2c1OC(C)(C)C2. The van der Waals surface area contributed by atoms with E-state index in [1.165, 1.54) is 7.05 Å². The number of esters is 1. The summed E-state index contributed by atoms with van der Waals surface area (Å²) < 4.78 is 40.9. The lowest BCUT2D eigenvalue weighted by molar-refractivity contribution is -0.147. The second kappa shape index (κ2) is 21.4. The maximum absolute atomic E-state index is 14.2. The lowest BCUT2D eigenvalue weighted by Gasteiger charge is -2.34. The van der Waals surface area contributed by atoms with Gasteiger partial charge in [-0.3, -0.25) is 24.2 Å². The maximum Gasteiger partial charge on any atom is 0.326 e. The minimum Gasteiger partial charge on any atom is -0.487 e. The van der Waals surface area contributed by atoms with Crippen LogP contribution in [0.5, 0.6) is 5.75 Å². The third-order valence-electron chi connectivity index (χ3n) is 10.9. The Balaban J connectivity index is 1.40. The summed E-state index contributed by atoms with van der Waals surface area (Å²) in [5, 5.41) is 15.2. The van der Waals surface area contributed by atoms with Gasteiger partial charge >= 0.3 is 11.9 Å². The fourth-order valence-electron chi connectivity index (χ4n) is 7.58. The van der Waals surface area contributed by atoms with Crippen molar-refractivity contribution in [3.63, 3.8) is 0 Å². The predicted octanol–water partition coefficient (Wildman–Crippen LogP) is 2.94. The van der Waals surface area contributed by atoms with E-state index >= 15 is 0 Å². The zero-order valence-corrected chi connectivity index (χ0v) is 38.0. The van der Waals surface area contributed by atoms with Crippen molar-refractivity contribution < 1.29 is 47.0 Å². The Morgan fingerprint density at radius 2 is 1.49 bits per heavy atom. The van der Waals surface area contributed by atoms with Crippen LogP contribution in [0.3, 0.4) is 0 Å². The molecule has 18 heteroatoms. The molecule has 0 spiro atoms. The fraction of sp³-hybridized carbons (Fsp3) is 0.467. The Bertz CT molecular complexity index is 2290. The molecule has 3 aromatic carbocycles. The first kappa shape index (κ1) is 49.6. The summed E-state index contributed by atoms with van der Waals surface area (Å²) >= 11 is 0. The molecule has 0 saturated carbocycles. The van der Waals surface area contributed by atoms with Crippen molar-refractivity contribution in [1.29, 1.82) is 0 Å². The van der Waals surface area contributed by atoms with E-state index in [2.05, 4.69) is 20.3 Å². The number of fused-ring (bicyclic) bond motifs is 1. The fourth-order valence-corrected chi connectivity index (χ4v) is 9.11. The number of sulfonamides is 1. The molecule has 0 aliphatic carbocycles. The van der Waals surface area contributed by atoms with Gasteiger partial charge in [0.05, 0.1) is 17.4 Å². The highest BCUT2D eigenvalue weighted by Gasteiger charge is 2.38. The summed E-state index contributed by atoms with van der Waals surface area (Å²) in [7, 11) is -2.78. The molecule has 3 aromatic rings. The van der Waals surface area contributed by atoms with Crippen LogP contribution < -0.4 is 31.6 Å². The van der Waals surface area contributed by atoms with Crippen LogP contribution in [-0.4, -0.2) is 97.4 Å². The molecule has 4 atom stereocenters. The van der Waals surface area contributed by atoms with Gasteiger partial charge in [-0.2, -0.15) is 0 Å². The number of guanidine groups is 1. The van der Waals surface area contributed by atoms with Gasteiger partial charge in [-0.1, -0.05) is 74.5 Å². The maximum atomic E-state index is 14.2. The molecule has 63 heavy (non-hydrogen) atoms.